The van der Waals surface area contributed by atoms with Crippen LogP contribution in [0.1, 0.15) is 45.7 Å². The van der Waals surface area contributed by atoms with Crippen LogP contribution >= 0.6 is 0 Å². The summed E-state index contributed by atoms with van der Waals surface area (Å²) in [5.41, 5.74) is 4.19. The Morgan fingerprint density at radius 2 is 1.80 bits per heavy atom. The van der Waals surface area contributed by atoms with E-state index in [1.165, 1.54) is 12.1 Å². The average molecular weight is 477 g/mol. The molecule has 0 radical (unpaired) electrons. The van der Waals surface area contributed by atoms with Gasteiger partial charge in [0.1, 0.15) is 11.6 Å². The number of carbonyl (C=O) groups excluding carboxylic acids is 2. The van der Waals surface area contributed by atoms with E-state index in [-0.39, 0.29) is 30.1 Å². The number of aryl methyl sites for hydroxylation is 2. The second-order valence-electron chi connectivity index (χ2n) is 9.21. The summed E-state index contributed by atoms with van der Waals surface area (Å²) >= 11 is 0. The fraction of sp³-hybridized carbons (Fsp3) is 0.370. The SMILES string of the molecule is COc1ccc(CCn2nc(C(=O)NC3CC3)c3c2CCN(C(=O)Cc2ccc(F)cc2)C3)cc1. The molecule has 7 nitrogen and oxygen atoms in total. The molecule has 3 aromatic rings. The first kappa shape index (κ1) is 23.1. The minimum absolute atomic E-state index is 0.0400. The quantitative estimate of drug-likeness (QED) is 0.541. The number of benzene rings is 2. The summed E-state index contributed by atoms with van der Waals surface area (Å²) in [5.74, 6) is 0.286. The van der Waals surface area contributed by atoms with Crippen LogP contribution in [-0.2, 0) is 37.1 Å². The van der Waals surface area contributed by atoms with Crippen LogP contribution in [0.25, 0.3) is 0 Å². The molecule has 1 aliphatic heterocycles. The molecule has 1 fully saturated rings. The largest absolute Gasteiger partial charge is 0.497 e. The third kappa shape index (κ3) is 5.37. The normalized spacial score (nSPS) is 15.0. The van der Waals surface area contributed by atoms with E-state index in [0.29, 0.717) is 31.7 Å². The Labute approximate surface area is 203 Å². The summed E-state index contributed by atoms with van der Waals surface area (Å²) in [6, 6.07) is 14.2. The maximum absolute atomic E-state index is 13.2. The third-order valence-electron chi connectivity index (χ3n) is 6.65. The number of nitrogens with one attached hydrogen (secondary N) is 1. The molecule has 0 saturated heterocycles. The second kappa shape index (κ2) is 9.90. The fourth-order valence-corrected chi connectivity index (χ4v) is 4.47. The monoisotopic (exact) mass is 476 g/mol. The number of fused-ring (bicyclic) bond motifs is 1. The van der Waals surface area contributed by atoms with Crippen molar-refractivity contribution in [2.75, 3.05) is 13.7 Å². The van der Waals surface area contributed by atoms with Crippen LogP contribution in [0.2, 0.25) is 0 Å². The zero-order valence-electron chi connectivity index (χ0n) is 19.8. The van der Waals surface area contributed by atoms with Crippen LogP contribution in [0, 0.1) is 5.82 Å². The predicted octanol–water partition coefficient (Wildman–Crippen LogP) is 3.29. The van der Waals surface area contributed by atoms with E-state index in [0.717, 1.165) is 47.4 Å². The molecule has 35 heavy (non-hydrogen) atoms. The topological polar surface area (TPSA) is 76.5 Å². The zero-order valence-corrected chi connectivity index (χ0v) is 19.8. The van der Waals surface area contributed by atoms with Gasteiger partial charge < -0.3 is 15.0 Å². The van der Waals surface area contributed by atoms with Crippen molar-refractivity contribution in [2.24, 2.45) is 0 Å². The van der Waals surface area contributed by atoms with Gasteiger partial charge in [-0.1, -0.05) is 24.3 Å². The van der Waals surface area contributed by atoms with Gasteiger partial charge in [0.25, 0.3) is 5.91 Å². The number of nitrogens with zero attached hydrogens (tertiary/aromatic N) is 3. The molecule has 1 aliphatic carbocycles. The molecule has 182 valence electrons. The highest BCUT2D eigenvalue weighted by Crippen LogP contribution is 2.26. The molecule has 1 N–H and O–H groups in total. The second-order valence-corrected chi connectivity index (χ2v) is 9.21. The molecule has 2 heterocycles. The molecular formula is C27H29FN4O3. The van der Waals surface area contributed by atoms with Gasteiger partial charge in [0.05, 0.1) is 13.5 Å². The number of rotatable bonds is 8. The Morgan fingerprint density at radius 3 is 2.49 bits per heavy atom. The molecule has 0 bridgehead atoms. The molecule has 2 aliphatic rings. The number of halogens is 1. The van der Waals surface area contributed by atoms with Gasteiger partial charge in [0, 0.05) is 43.4 Å². The average Bonchev–Trinajstić information content (AvgIpc) is 3.62. The Kier molecular flexibility index (Phi) is 6.53. The lowest BCUT2D eigenvalue weighted by atomic mass is 10.0. The first-order valence-electron chi connectivity index (χ1n) is 12.0. The summed E-state index contributed by atoms with van der Waals surface area (Å²) in [6.45, 7) is 1.56. The van der Waals surface area contributed by atoms with Crippen molar-refractivity contribution >= 4 is 11.8 Å². The Balaban J connectivity index is 1.34. The van der Waals surface area contributed by atoms with E-state index in [1.54, 1.807) is 24.1 Å². The highest BCUT2D eigenvalue weighted by Gasteiger charge is 2.32. The first-order valence-corrected chi connectivity index (χ1v) is 12.0. The van der Waals surface area contributed by atoms with Crippen LogP contribution < -0.4 is 10.1 Å². The molecule has 2 amide bonds. The summed E-state index contributed by atoms with van der Waals surface area (Å²) in [4.78, 5) is 27.8. The lowest BCUT2D eigenvalue weighted by Gasteiger charge is -2.28. The van der Waals surface area contributed by atoms with Crippen molar-refractivity contribution in [2.45, 2.75) is 51.2 Å². The fourth-order valence-electron chi connectivity index (χ4n) is 4.47. The van der Waals surface area contributed by atoms with Crippen molar-refractivity contribution in [3.05, 3.63) is 82.4 Å². The van der Waals surface area contributed by atoms with Gasteiger partial charge >= 0.3 is 0 Å². The Morgan fingerprint density at radius 1 is 1.09 bits per heavy atom. The number of ether oxygens (including phenoxy) is 1. The van der Waals surface area contributed by atoms with E-state index in [4.69, 9.17) is 9.84 Å². The molecule has 1 saturated carbocycles. The molecule has 0 unspecified atom stereocenters. The molecule has 8 heteroatoms. The highest BCUT2D eigenvalue weighted by molar-refractivity contribution is 5.94. The molecule has 0 atom stereocenters. The van der Waals surface area contributed by atoms with Crippen molar-refractivity contribution in [1.82, 2.24) is 20.0 Å². The van der Waals surface area contributed by atoms with E-state index >= 15 is 0 Å². The third-order valence-corrected chi connectivity index (χ3v) is 6.65. The maximum atomic E-state index is 13.2. The van der Waals surface area contributed by atoms with Crippen LogP contribution in [0.4, 0.5) is 4.39 Å². The van der Waals surface area contributed by atoms with Gasteiger partial charge in [-0.2, -0.15) is 5.10 Å². The molecular weight excluding hydrogens is 447 g/mol. The number of carbonyl (C=O) groups is 2. The van der Waals surface area contributed by atoms with Crippen LogP contribution in [0.5, 0.6) is 5.75 Å². The maximum Gasteiger partial charge on any atom is 0.272 e. The van der Waals surface area contributed by atoms with E-state index in [1.807, 2.05) is 28.9 Å². The summed E-state index contributed by atoms with van der Waals surface area (Å²) < 4.78 is 20.4. The van der Waals surface area contributed by atoms with Crippen molar-refractivity contribution in [3.8, 4) is 5.75 Å². The van der Waals surface area contributed by atoms with E-state index < -0.39 is 0 Å². The number of aromatic nitrogens is 2. The van der Waals surface area contributed by atoms with Crippen molar-refractivity contribution in [1.29, 1.82) is 0 Å². The number of hydrogen-bond acceptors (Lipinski definition) is 4. The molecule has 5 rings (SSSR count). The van der Waals surface area contributed by atoms with Crippen molar-refractivity contribution in [3.63, 3.8) is 0 Å². The highest BCUT2D eigenvalue weighted by atomic mass is 19.1. The van der Waals surface area contributed by atoms with Crippen LogP contribution in [0.3, 0.4) is 0 Å². The summed E-state index contributed by atoms with van der Waals surface area (Å²) in [7, 11) is 1.65. The van der Waals surface area contributed by atoms with Gasteiger partial charge in [0.15, 0.2) is 5.69 Å². The van der Waals surface area contributed by atoms with Gasteiger partial charge in [-0.25, -0.2) is 4.39 Å². The number of hydrogen-bond donors (Lipinski definition) is 1. The minimum Gasteiger partial charge on any atom is -0.497 e. The lowest BCUT2D eigenvalue weighted by Crippen LogP contribution is -2.38. The minimum atomic E-state index is -0.322. The van der Waals surface area contributed by atoms with Gasteiger partial charge in [-0.05, 0) is 54.7 Å². The Bertz CT molecular complexity index is 1220. The zero-order chi connectivity index (χ0) is 24.4. The molecule has 2 aromatic carbocycles. The van der Waals surface area contributed by atoms with E-state index in [9.17, 15) is 14.0 Å². The molecule has 1 aromatic heterocycles. The van der Waals surface area contributed by atoms with Gasteiger partial charge in [0.2, 0.25) is 5.91 Å². The smallest absolute Gasteiger partial charge is 0.272 e. The molecule has 0 spiro atoms. The number of methoxy groups -OCH3 is 1. The standard InChI is InChI=1S/C27H29FN4O3/c1-35-22-10-4-18(5-11-22)12-15-32-24-13-14-31(25(33)16-19-2-6-20(28)7-3-19)17-23(24)26(30-32)27(34)29-21-8-9-21/h2-7,10-11,21H,8-9,12-17H2,1H3,(H,29,34). The summed E-state index contributed by atoms with van der Waals surface area (Å²) in [5, 5.41) is 7.75. The van der Waals surface area contributed by atoms with Gasteiger partial charge in [-0.15, -0.1) is 0 Å². The lowest BCUT2D eigenvalue weighted by molar-refractivity contribution is -0.131. The predicted molar refractivity (Wildman–Crippen MR) is 129 cm³/mol. The summed E-state index contributed by atoms with van der Waals surface area (Å²) in [6.07, 6.45) is 3.60. The number of amides is 2. The van der Waals surface area contributed by atoms with Crippen LogP contribution in [0.15, 0.2) is 48.5 Å². The first-order chi connectivity index (χ1) is 17.0. The van der Waals surface area contributed by atoms with Crippen molar-refractivity contribution < 1.29 is 18.7 Å². The van der Waals surface area contributed by atoms with E-state index in [2.05, 4.69) is 5.32 Å². The van der Waals surface area contributed by atoms with Crippen LogP contribution in [-0.4, -0.2) is 46.2 Å². The Hall–Kier alpha value is -3.68. The van der Waals surface area contributed by atoms with Gasteiger partial charge in [-0.3, -0.25) is 14.3 Å².